The normalized spacial score (nSPS) is 10.9. The van der Waals surface area contributed by atoms with Crippen molar-refractivity contribution in [1.29, 1.82) is 0 Å². The van der Waals surface area contributed by atoms with Crippen LogP contribution in [0.25, 0.3) is 0 Å². The third-order valence-electron chi connectivity index (χ3n) is 2.43. The van der Waals surface area contributed by atoms with Crippen LogP contribution in [0.5, 0.6) is 0 Å². The minimum absolute atomic E-state index is 0.306. The highest BCUT2D eigenvalue weighted by molar-refractivity contribution is 7.93. The predicted octanol–water partition coefficient (Wildman–Crippen LogP) is 1.46. The van der Waals surface area contributed by atoms with E-state index in [0.29, 0.717) is 12.2 Å². The molecule has 5 heteroatoms. The Labute approximate surface area is 109 Å². The number of anilines is 1. The van der Waals surface area contributed by atoms with E-state index >= 15 is 0 Å². The third kappa shape index (κ3) is 3.76. The lowest BCUT2D eigenvalue weighted by atomic mass is 10.1. The lowest BCUT2D eigenvalue weighted by molar-refractivity contribution is 0.592. The van der Waals surface area contributed by atoms with Crippen molar-refractivity contribution in [1.82, 2.24) is 0 Å². The van der Waals surface area contributed by atoms with Crippen molar-refractivity contribution in [2.45, 2.75) is 26.0 Å². The molecule has 0 aliphatic carbocycles. The Hall–Kier alpha value is -1.51. The van der Waals surface area contributed by atoms with Gasteiger partial charge in [0.15, 0.2) is 0 Å². The molecular formula is C13H18N2O2S. The maximum absolute atomic E-state index is 11.8. The number of nitrogens with two attached hydrogens (primary N) is 1. The van der Waals surface area contributed by atoms with Crippen LogP contribution in [0, 0.1) is 18.8 Å². The zero-order valence-corrected chi connectivity index (χ0v) is 11.6. The zero-order chi connectivity index (χ0) is 13.8. The van der Waals surface area contributed by atoms with Gasteiger partial charge in [-0.25, -0.2) is 8.42 Å². The third-order valence-corrected chi connectivity index (χ3v) is 4.18. The van der Waals surface area contributed by atoms with E-state index in [2.05, 4.69) is 16.6 Å². The van der Waals surface area contributed by atoms with Gasteiger partial charge in [-0.05, 0) is 44.5 Å². The summed E-state index contributed by atoms with van der Waals surface area (Å²) < 4.78 is 26.1. The van der Waals surface area contributed by atoms with Crippen molar-refractivity contribution >= 4 is 15.7 Å². The van der Waals surface area contributed by atoms with Gasteiger partial charge in [-0.1, -0.05) is 11.8 Å². The Bertz CT molecular complexity index is 581. The van der Waals surface area contributed by atoms with Gasteiger partial charge in [0.05, 0.1) is 17.5 Å². The highest BCUT2D eigenvalue weighted by Gasteiger charge is 2.16. The topological polar surface area (TPSA) is 72.2 Å². The first-order chi connectivity index (χ1) is 8.36. The molecule has 0 saturated carbocycles. The molecule has 0 aromatic heterocycles. The number of benzene rings is 1. The summed E-state index contributed by atoms with van der Waals surface area (Å²) in [6, 6.07) is 5.32. The second-order valence-corrected chi connectivity index (χ2v) is 6.47. The summed E-state index contributed by atoms with van der Waals surface area (Å²) >= 11 is 0. The van der Waals surface area contributed by atoms with Gasteiger partial charge in [-0.2, -0.15) is 0 Å². The van der Waals surface area contributed by atoms with Gasteiger partial charge in [-0.3, -0.25) is 4.72 Å². The summed E-state index contributed by atoms with van der Waals surface area (Å²) in [4.78, 5) is 0. The standard InChI is InChI=1S/C13H18N2O2S/c1-10(2)18(16,17)15-13-7-6-12(5-4-8-14)9-11(13)3/h6-7,9-10,15H,8,14H2,1-3H3. The summed E-state index contributed by atoms with van der Waals surface area (Å²) in [6.07, 6.45) is 0. The summed E-state index contributed by atoms with van der Waals surface area (Å²) in [5.74, 6) is 5.66. The molecule has 0 bridgehead atoms. The number of aryl methyl sites for hydroxylation is 1. The molecular weight excluding hydrogens is 248 g/mol. The van der Waals surface area contributed by atoms with Crippen LogP contribution in [-0.4, -0.2) is 20.2 Å². The SMILES string of the molecule is Cc1cc(C#CCN)ccc1NS(=O)(=O)C(C)C. The minimum atomic E-state index is -3.31. The fourth-order valence-corrected chi connectivity index (χ4v) is 2.05. The molecule has 4 nitrogen and oxygen atoms in total. The van der Waals surface area contributed by atoms with E-state index in [4.69, 9.17) is 5.73 Å². The molecule has 0 saturated heterocycles. The molecule has 3 N–H and O–H groups in total. The molecule has 1 rings (SSSR count). The summed E-state index contributed by atoms with van der Waals surface area (Å²) in [6.45, 7) is 5.42. The van der Waals surface area contributed by atoms with Crippen LogP contribution in [0.4, 0.5) is 5.69 Å². The van der Waals surface area contributed by atoms with Crippen LogP contribution >= 0.6 is 0 Å². The van der Waals surface area contributed by atoms with E-state index in [1.165, 1.54) is 0 Å². The van der Waals surface area contributed by atoms with Crippen molar-refractivity contribution in [2.75, 3.05) is 11.3 Å². The first-order valence-electron chi connectivity index (χ1n) is 5.68. The van der Waals surface area contributed by atoms with Crippen molar-refractivity contribution in [2.24, 2.45) is 5.73 Å². The number of nitrogens with one attached hydrogen (secondary N) is 1. The van der Waals surface area contributed by atoms with Gasteiger partial charge >= 0.3 is 0 Å². The average molecular weight is 266 g/mol. The molecule has 18 heavy (non-hydrogen) atoms. The molecule has 0 fully saturated rings. The number of hydrogen-bond donors (Lipinski definition) is 2. The van der Waals surface area contributed by atoms with Crippen LogP contribution in [0.15, 0.2) is 18.2 Å². The van der Waals surface area contributed by atoms with Crippen LogP contribution in [0.2, 0.25) is 0 Å². The minimum Gasteiger partial charge on any atom is -0.320 e. The van der Waals surface area contributed by atoms with E-state index < -0.39 is 15.3 Å². The average Bonchev–Trinajstić information content (AvgIpc) is 2.29. The van der Waals surface area contributed by atoms with E-state index in [1.54, 1.807) is 26.0 Å². The van der Waals surface area contributed by atoms with Gasteiger partial charge in [0.25, 0.3) is 0 Å². The maximum atomic E-state index is 11.8. The second kappa shape index (κ2) is 5.89. The van der Waals surface area contributed by atoms with E-state index in [-0.39, 0.29) is 0 Å². The smallest absolute Gasteiger partial charge is 0.235 e. The van der Waals surface area contributed by atoms with Crippen molar-refractivity contribution in [3.8, 4) is 11.8 Å². The Kier molecular flexibility index (Phi) is 4.76. The molecule has 0 heterocycles. The molecule has 0 amide bonds. The Balaban J connectivity index is 3.00. The van der Waals surface area contributed by atoms with Crippen LogP contribution in [0.3, 0.4) is 0 Å². The molecule has 0 atom stereocenters. The number of hydrogen-bond acceptors (Lipinski definition) is 3. The zero-order valence-electron chi connectivity index (χ0n) is 10.8. The van der Waals surface area contributed by atoms with Crippen molar-refractivity contribution < 1.29 is 8.42 Å². The van der Waals surface area contributed by atoms with Crippen LogP contribution < -0.4 is 10.5 Å². The quantitative estimate of drug-likeness (QED) is 0.813. The van der Waals surface area contributed by atoms with Gasteiger partial charge in [-0.15, -0.1) is 0 Å². The molecule has 0 aliphatic heterocycles. The van der Waals surface area contributed by atoms with Gasteiger partial charge in [0.2, 0.25) is 10.0 Å². The van der Waals surface area contributed by atoms with Crippen molar-refractivity contribution in [3.05, 3.63) is 29.3 Å². The fourth-order valence-electron chi connectivity index (χ4n) is 1.28. The first kappa shape index (κ1) is 14.6. The largest absolute Gasteiger partial charge is 0.320 e. The highest BCUT2D eigenvalue weighted by atomic mass is 32.2. The lowest BCUT2D eigenvalue weighted by Gasteiger charge is -2.12. The molecule has 98 valence electrons. The summed E-state index contributed by atoms with van der Waals surface area (Å²) in [5.41, 5.74) is 7.54. The molecule has 1 aromatic carbocycles. The predicted molar refractivity (Wildman–Crippen MR) is 74.8 cm³/mol. The number of sulfonamides is 1. The Morgan fingerprint density at radius 3 is 2.56 bits per heavy atom. The van der Waals surface area contributed by atoms with E-state index in [1.807, 2.05) is 13.0 Å². The molecule has 0 spiro atoms. The fraction of sp³-hybridized carbons (Fsp3) is 0.385. The molecule has 0 unspecified atom stereocenters. The maximum Gasteiger partial charge on any atom is 0.235 e. The summed E-state index contributed by atoms with van der Waals surface area (Å²) in [7, 11) is -3.31. The second-order valence-electron chi connectivity index (χ2n) is 4.23. The van der Waals surface area contributed by atoms with Crippen LogP contribution in [-0.2, 0) is 10.0 Å². The van der Waals surface area contributed by atoms with E-state index in [0.717, 1.165) is 11.1 Å². The molecule has 1 aromatic rings. The number of rotatable bonds is 3. The molecule has 0 aliphatic rings. The Morgan fingerprint density at radius 2 is 2.06 bits per heavy atom. The monoisotopic (exact) mass is 266 g/mol. The van der Waals surface area contributed by atoms with Crippen LogP contribution in [0.1, 0.15) is 25.0 Å². The first-order valence-corrected chi connectivity index (χ1v) is 7.22. The molecule has 0 radical (unpaired) electrons. The van der Waals surface area contributed by atoms with Crippen molar-refractivity contribution in [3.63, 3.8) is 0 Å². The van der Waals surface area contributed by atoms with Gasteiger partial charge < -0.3 is 5.73 Å². The van der Waals surface area contributed by atoms with Gasteiger partial charge in [0.1, 0.15) is 0 Å². The Morgan fingerprint density at radius 1 is 1.39 bits per heavy atom. The summed E-state index contributed by atoms with van der Waals surface area (Å²) in [5, 5.41) is -0.464. The van der Waals surface area contributed by atoms with Gasteiger partial charge in [0, 0.05) is 5.56 Å². The lowest BCUT2D eigenvalue weighted by Crippen LogP contribution is -2.22. The highest BCUT2D eigenvalue weighted by Crippen LogP contribution is 2.18. The van der Waals surface area contributed by atoms with E-state index in [9.17, 15) is 8.42 Å².